The van der Waals surface area contributed by atoms with Gasteiger partial charge in [0.1, 0.15) is 0 Å². The van der Waals surface area contributed by atoms with E-state index in [1.54, 1.807) is 12.4 Å². The molecule has 0 saturated heterocycles. The standard InChI is InChI=1S/C23H25N3OS/c1-17-7-10-24-14-20(17)13-23(27)25-15-21(18-5-3-2-4-6-18)26-11-8-22-19(16-26)9-12-28-22/h2-7,9-10,12,14,21H,8,11,13,15-16H2,1H3,(H,25,27). The zero-order valence-electron chi connectivity index (χ0n) is 16.1. The second-order valence-electron chi connectivity index (χ2n) is 7.30. The predicted molar refractivity (Wildman–Crippen MR) is 113 cm³/mol. The first-order valence-corrected chi connectivity index (χ1v) is 10.6. The Morgan fingerprint density at radius 2 is 2.11 bits per heavy atom. The Morgan fingerprint density at radius 1 is 1.25 bits per heavy atom. The summed E-state index contributed by atoms with van der Waals surface area (Å²) in [5, 5.41) is 5.35. The van der Waals surface area contributed by atoms with Crippen LogP contribution in [0.4, 0.5) is 0 Å². The third-order valence-corrected chi connectivity index (χ3v) is 6.48. The Balaban J connectivity index is 1.46. The van der Waals surface area contributed by atoms with Gasteiger partial charge >= 0.3 is 0 Å². The maximum Gasteiger partial charge on any atom is 0.224 e. The number of thiophene rings is 1. The van der Waals surface area contributed by atoms with Gasteiger partial charge in [0.05, 0.1) is 12.5 Å². The molecule has 3 heterocycles. The summed E-state index contributed by atoms with van der Waals surface area (Å²) in [6.07, 6.45) is 5.00. The van der Waals surface area contributed by atoms with Crippen molar-refractivity contribution in [3.63, 3.8) is 0 Å². The minimum atomic E-state index is 0.0465. The van der Waals surface area contributed by atoms with E-state index in [2.05, 4.69) is 50.9 Å². The molecular formula is C23H25N3OS. The van der Waals surface area contributed by atoms with Gasteiger partial charge in [-0.3, -0.25) is 14.7 Å². The fraction of sp³-hybridized carbons (Fsp3) is 0.304. The van der Waals surface area contributed by atoms with Crippen LogP contribution in [-0.2, 0) is 24.2 Å². The predicted octanol–water partition coefficient (Wildman–Crippen LogP) is 3.91. The van der Waals surface area contributed by atoms with E-state index in [1.807, 2.05) is 30.4 Å². The van der Waals surface area contributed by atoms with Gasteiger partial charge in [0.25, 0.3) is 0 Å². The zero-order valence-corrected chi connectivity index (χ0v) is 16.9. The Kier molecular flexibility index (Phi) is 5.84. The third kappa shape index (κ3) is 4.32. The molecule has 28 heavy (non-hydrogen) atoms. The molecule has 0 aliphatic carbocycles. The highest BCUT2D eigenvalue weighted by molar-refractivity contribution is 7.10. The van der Waals surface area contributed by atoms with E-state index in [-0.39, 0.29) is 11.9 Å². The summed E-state index contributed by atoms with van der Waals surface area (Å²) in [5.74, 6) is 0.0465. The van der Waals surface area contributed by atoms with Crippen LogP contribution in [0.2, 0.25) is 0 Å². The van der Waals surface area contributed by atoms with Gasteiger partial charge in [-0.25, -0.2) is 0 Å². The smallest absolute Gasteiger partial charge is 0.224 e. The van der Waals surface area contributed by atoms with Crippen molar-refractivity contribution < 1.29 is 4.79 Å². The van der Waals surface area contributed by atoms with Gasteiger partial charge < -0.3 is 5.32 Å². The van der Waals surface area contributed by atoms with Crippen LogP contribution in [0.25, 0.3) is 0 Å². The second kappa shape index (κ2) is 8.67. The number of rotatable bonds is 6. The molecule has 3 aromatic rings. The lowest BCUT2D eigenvalue weighted by atomic mass is 10.0. The van der Waals surface area contributed by atoms with Crippen LogP contribution in [0, 0.1) is 6.92 Å². The number of hydrogen-bond donors (Lipinski definition) is 1. The number of nitrogens with zero attached hydrogens (tertiary/aromatic N) is 2. The van der Waals surface area contributed by atoms with Crippen LogP contribution in [-0.4, -0.2) is 28.9 Å². The number of pyridine rings is 1. The summed E-state index contributed by atoms with van der Waals surface area (Å²) in [4.78, 5) is 20.7. The molecule has 0 bridgehead atoms. The van der Waals surface area contributed by atoms with Gasteiger partial charge in [-0.1, -0.05) is 30.3 Å². The number of carbonyl (C=O) groups excluding carboxylic acids is 1. The maximum absolute atomic E-state index is 12.6. The van der Waals surface area contributed by atoms with Crippen molar-refractivity contribution in [3.8, 4) is 0 Å². The Hall–Kier alpha value is -2.50. The molecule has 1 aliphatic heterocycles. The van der Waals surface area contributed by atoms with E-state index in [9.17, 15) is 4.79 Å². The number of aromatic nitrogens is 1. The highest BCUT2D eigenvalue weighted by Crippen LogP contribution is 2.30. The fourth-order valence-corrected chi connectivity index (χ4v) is 4.69. The van der Waals surface area contributed by atoms with E-state index in [0.29, 0.717) is 13.0 Å². The number of benzene rings is 1. The summed E-state index contributed by atoms with van der Waals surface area (Å²) in [5.41, 5.74) is 4.76. The highest BCUT2D eigenvalue weighted by atomic mass is 32.1. The van der Waals surface area contributed by atoms with Crippen molar-refractivity contribution in [2.24, 2.45) is 0 Å². The van der Waals surface area contributed by atoms with Crippen LogP contribution in [0.15, 0.2) is 60.2 Å². The van der Waals surface area contributed by atoms with Crippen molar-refractivity contribution in [1.29, 1.82) is 0 Å². The molecule has 1 amide bonds. The Morgan fingerprint density at radius 3 is 2.93 bits per heavy atom. The molecule has 5 heteroatoms. The van der Waals surface area contributed by atoms with Crippen LogP contribution in [0.1, 0.15) is 33.2 Å². The lowest BCUT2D eigenvalue weighted by Crippen LogP contribution is -2.40. The van der Waals surface area contributed by atoms with Crippen LogP contribution in [0.3, 0.4) is 0 Å². The number of amides is 1. The minimum absolute atomic E-state index is 0.0465. The van der Waals surface area contributed by atoms with Crippen molar-refractivity contribution >= 4 is 17.2 Å². The largest absolute Gasteiger partial charge is 0.354 e. The quantitative estimate of drug-likeness (QED) is 0.693. The van der Waals surface area contributed by atoms with E-state index < -0.39 is 0 Å². The first-order chi connectivity index (χ1) is 13.7. The van der Waals surface area contributed by atoms with Gasteiger partial charge in [0.15, 0.2) is 0 Å². The van der Waals surface area contributed by atoms with Gasteiger partial charge in [-0.2, -0.15) is 0 Å². The molecule has 0 saturated carbocycles. The summed E-state index contributed by atoms with van der Waals surface area (Å²) < 4.78 is 0. The average molecular weight is 392 g/mol. The lowest BCUT2D eigenvalue weighted by Gasteiger charge is -2.35. The van der Waals surface area contributed by atoms with Crippen LogP contribution in [0.5, 0.6) is 0 Å². The lowest BCUT2D eigenvalue weighted by molar-refractivity contribution is -0.120. The molecule has 0 spiro atoms. The summed E-state index contributed by atoms with van der Waals surface area (Å²) in [6, 6.07) is 14.9. The van der Waals surface area contributed by atoms with Crippen molar-refractivity contribution in [3.05, 3.63) is 87.4 Å². The first-order valence-electron chi connectivity index (χ1n) is 9.71. The van der Waals surface area contributed by atoms with Crippen molar-refractivity contribution in [2.45, 2.75) is 32.4 Å². The number of aryl methyl sites for hydroxylation is 1. The normalized spacial score (nSPS) is 15.0. The molecule has 4 nitrogen and oxygen atoms in total. The Bertz CT molecular complexity index is 938. The first kappa shape index (κ1) is 18.8. The molecule has 2 aromatic heterocycles. The zero-order chi connectivity index (χ0) is 19.3. The second-order valence-corrected chi connectivity index (χ2v) is 8.30. The molecule has 1 unspecified atom stereocenters. The molecule has 4 rings (SSSR count). The molecule has 1 aromatic carbocycles. The topological polar surface area (TPSA) is 45.2 Å². The number of fused-ring (bicyclic) bond motifs is 1. The van der Waals surface area contributed by atoms with Crippen LogP contribution >= 0.6 is 11.3 Å². The Labute approximate surface area is 170 Å². The maximum atomic E-state index is 12.6. The number of nitrogens with one attached hydrogen (secondary N) is 1. The fourth-order valence-electron chi connectivity index (χ4n) is 3.80. The monoisotopic (exact) mass is 391 g/mol. The molecule has 1 atom stereocenters. The summed E-state index contributed by atoms with van der Waals surface area (Å²) in [6.45, 7) is 4.59. The molecule has 1 N–H and O–H groups in total. The van der Waals surface area contributed by atoms with Gasteiger partial charge in [0, 0.05) is 36.9 Å². The van der Waals surface area contributed by atoms with Gasteiger partial charge in [0.2, 0.25) is 5.91 Å². The van der Waals surface area contributed by atoms with Crippen molar-refractivity contribution in [2.75, 3.05) is 13.1 Å². The summed E-state index contributed by atoms with van der Waals surface area (Å²) >= 11 is 1.85. The summed E-state index contributed by atoms with van der Waals surface area (Å²) in [7, 11) is 0. The molecule has 1 aliphatic rings. The highest BCUT2D eigenvalue weighted by Gasteiger charge is 2.25. The molecule has 0 radical (unpaired) electrons. The SMILES string of the molecule is Cc1ccncc1CC(=O)NCC(c1ccccc1)N1CCc2sccc2C1. The molecule has 0 fully saturated rings. The van der Waals surface area contributed by atoms with Gasteiger partial charge in [-0.05, 0) is 53.1 Å². The van der Waals surface area contributed by atoms with Crippen molar-refractivity contribution in [1.82, 2.24) is 15.2 Å². The van der Waals surface area contributed by atoms with E-state index in [0.717, 1.165) is 30.6 Å². The minimum Gasteiger partial charge on any atom is -0.354 e. The van der Waals surface area contributed by atoms with E-state index >= 15 is 0 Å². The average Bonchev–Trinajstić information content (AvgIpc) is 3.19. The molecular weight excluding hydrogens is 366 g/mol. The third-order valence-electron chi connectivity index (χ3n) is 5.45. The van der Waals surface area contributed by atoms with E-state index in [1.165, 1.54) is 16.0 Å². The van der Waals surface area contributed by atoms with Gasteiger partial charge in [-0.15, -0.1) is 11.3 Å². The van der Waals surface area contributed by atoms with E-state index in [4.69, 9.17) is 0 Å². The number of carbonyl (C=O) groups is 1. The molecule has 144 valence electrons. The van der Waals surface area contributed by atoms with Crippen LogP contribution < -0.4 is 5.32 Å². The number of hydrogen-bond acceptors (Lipinski definition) is 4.